The first kappa shape index (κ1) is 18.2. The molecule has 3 aromatic heterocycles. The molecule has 7 nitrogen and oxygen atoms in total. The average Bonchev–Trinajstić information content (AvgIpc) is 3.27. The highest BCUT2D eigenvalue weighted by molar-refractivity contribution is 5.81. The standard InChI is InChI=1S/C23H21N5O2/c1-14-10-12-17(13-11-14)28-18(16-8-6-5-7-9-16)15(2)27-19-20(24-22(27)28)25(3)23(30)26(4)21(19)29/h5-13H,1-4H3. The number of hydrogen-bond donors (Lipinski definition) is 0. The fraction of sp³-hybridized carbons (Fsp3) is 0.174. The van der Waals surface area contributed by atoms with Gasteiger partial charge in [0.25, 0.3) is 5.56 Å². The van der Waals surface area contributed by atoms with Gasteiger partial charge in [0, 0.05) is 31.0 Å². The summed E-state index contributed by atoms with van der Waals surface area (Å²) in [5.74, 6) is 0.600. The van der Waals surface area contributed by atoms with E-state index in [1.165, 1.54) is 11.6 Å². The molecular weight excluding hydrogens is 378 g/mol. The number of imidazole rings is 2. The third-order valence-electron chi connectivity index (χ3n) is 5.68. The molecular formula is C23H21N5O2. The minimum Gasteiger partial charge on any atom is -0.279 e. The van der Waals surface area contributed by atoms with Crippen molar-refractivity contribution < 1.29 is 0 Å². The Morgan fingerprint density at radius 2 is 1.50 bits per heavy atom. The lowest BCUT2D eigenvalue weighted by atomic mass is 10.1. The molecule has 0 atom stereocenters. The maximum atomic E-state index is 13.0. The molecule has 0 aliphatic heterocycles. The number of nitrogens with zero attached hydrogens (tertiary/aromatic N) is 5. The number of rotatable bonds is 2. The van der Waals surface area contributed by atoms with Gasteiger partial charge in [-0.2, -0.15) is 4.98 Å². The van der Waals surface area contributed by atoms with Crippen LogP contribution in [0.5, 0.6) is 0 Å². The SMILES string of the molecule is Cc1ccc(-n2c(-c3ccccc3)c(C)n3c4c(=O)n(C)c(=O)n(C)c4nc23)cc1. The zero-order chi connectivity index (χ0) is 21.2. The second-order valence-electron chi connectivity index (χ2n) is 7.60. The van der Waals surface area contributed by atoms with Gasteiger partial charge >= 0.3 is 5.69 Å². The van der Waals surface area contributed by atoms with E-state index in [1.807, 2.05) is 77.4 Å². The van der Waals surface area contributed by atoms with Gasteiger partial charge in [0.15, 0.2) is 11.2 Å². The monoisotopic (exact) mass is 399 g/mol. The highest BCUT2D eigenvalue weighted by atomic mass is 16.2. The minimum absolute atomic E-state index is 0.357. The summed E-state index contributed by atoms with van der Waals surface area (Å²) in [6.07, 6.45) is 0. The van der Waals surface area contributed by atoms with Crippen molar-refractivity contribution in [3.8, 4) is 16.9 Å². The molecule has 30 heavy (non-hydrogen) atoms. The van der Waals surface area contributed by atoms with Gasteiger partial charge in [-0.15, -0.1) is 0 Å². The Balaban J connectivity index is 2.03. The molecule has 0 N–H and O–H groups in total. The van der Waals surface area contributed by atoms with E-state index in [0.717, 1.165) is 32.8 Å². The number of fused-ring (bicyclic) bond motifs is 3. The topological polar surface area (TPSA) is 66.2 Å². The minimum atomic E-state index is -0.393. The van der Waals surface area contributed by atoms with Gasteiger partial charge in [-0.3, -0.25) is 22.9 Å². The third-order valence-corrected chi connectivity index (χ3v) is 5.68. The van der Waals surface area contributed by atoms with Crippen molar-refractivity contribution in [2.24, 2.45) is 14.1 Å². The largest absolute Gasteiger partial charge is 0.332 e. The normalized spacial score (nSPS) is 11.6. The Labute approximate surface area is 172 Å². The predicted molar refractivity (Wildman–Crippen MR) is 117 cm³/mol. The van der Waals surface area contributed by atoms with Crippen LogP contribution in [-0.2, 0) is 14.1 Å². The smallest absolute Gasteiger partial charge is 0.279 e. The number of benzene rings is 2. The molecule has 5 rings (SSSR count). The first-order valence-electron chi connectivity index (χ1n) is 9.72. The van der Waals surface area contributed by atoms with Crippen molar-refractivity contribution in [1.82, 2.24) is 23.1 Å². The van der Waals surface area contributed by atoms with Gasteiger partial charge in [-0.1, -0.05) is 48.0 Å². The van der Waals surface area contributed by atoms with Crippen LogP contribution in [-0.4, -0.2) is 23.1 Å². The lowest BCUT2D eigenvalue weighted by molar-refractivity contribution is 0.707. The molecule has 0 aliphatic carbocycles. The zero-order valence-corrected chi connectivity index (χ0v) is 17.2. The van der Waals surface area contributed by atoms with Crippen LogP contribution >= 0.6 is 0 Å². The Hall–Kier alpha value is -3.87. The Kier molecular flexibility index (Phi) is 3.83. The number of hydrogen-bond acceptors (Lipinski definition) is 3. The van der Waals surface area contributed by atoms with E-state index in [1.54, 1.807) is 7.05 Å². The van der Waals surface area contributed by atoms with E-state index in [2.05, 4.69) is 0 Å². The quantitative estimate of drug-likeness (QED) is 0.458. The Bertz CT molecular complexity index is 1550. The van der Waals surface area contributed by atoms with Crippen LogP contribution in [0.2, 0.25) is 0 Å². The fourth-order valence-corrected chi connectivity index (χ4v) is 4.09. The van der Waals surface area contributed by atoms with Gasteiger partial charge < -0.3 is 0 Å². The lowest BCUT2D eigenvalue weighted by Gasteiger charge is -2.11. The molecule has 0 bridgehead atoms. The molecule has 0 amide bonds. The van der Waals surface area contributed by atoms with Crippen LogP contribution in [0, 0.1) is 13.8 Å². The van der Waals surface area contributed by atoms with Crippen LogP contribution in [0.4, 0.5) is 0 Å². The molecule has 150 valence electrons. The first-order chi connectivity index (χ1) is 14.4. The molecule has 7 heteroatoms. The summed E-state index contributed by atoms with van der Waals surface area (Å²) >= 11 is 0. The average molecular weight is 399 g/mol. The van der Waals surface area contributed by atoms with E-state index in [0.29, 0.717) is 16.9 Å². The Morgan fingerprint density at radius 3 is 2.17 bits per heavy atom. The highest BCUT2D eigenvalue weighted by Gasteiger charge is 2.24. The summed E-state index contributed by atoms with van der Waals surface area (Å²) in [6.45, 7) is 4.02. The van der Waals surface area contributed by atoms with Crippen molar-refractivity contribution in [2.75, 3.05) is 0 Å². The maximum Gasteiger partial charge on any atom is 0.332 e. The van der Waals surface area contributed by atoms with Crippen molar-refractivity contribution in [2.45, 2.75) is 13.8 Å². The van der Waals surface area contributed by atoms with E-state index < -0.39 is 5.69 Å². The van der Waals surface area contributed by atoms with Gasteiger partial charge in [-0.05, 0) is 26.0 Å². The first-order valence-corrected chi connectivity index (χ1v) is 9.72. The van der Waals surface area contributed by atoms with Gasteiger partial charge in [0.05, 0.1) is 5.69 Å². The zero-order valence-electron chi connectivity index (χ0n) is 17.2. The van der Waals surface area contributed by atoms with E-state index in [9.17, 15) is 9.59 Å². The van der Waals surface area contributed by atoms with Gasteiger partial charge in [-0.25, -0.2) is 4.79 Å². The molecule has 0 aliphatic rings. The van der Waals surface area contributed by atoms with Crippen LogP contribution in [0.3, 0.4) is 0 Å². The highest BCUT2D eigenvalue weighted by Crippen LogP contribution is 2.32. The van der Waals surface area contributed by atoms with Crippen molar-refractivity contribution in [1.29, 1.82) is 0 Å². The molecule has 0 saturated heterocycles. The van der Waals surface area contributed by atoms with Crippen LogP contribution < -0.4 is 11.2 Å². The summed E-state index contributed by atoms with van der Waals surface area (Å²) < 4.78 is 6.46. The summed E-state index contributed by atoms with van der Waals surface area (Å²) in [4.78, 5) is 30.2. The second-order valence-corrected chi connectivity index (χ2v) is 7.60. The van der Waals surface area contributed by atoms with Crippen LogP contribution in [0.25, 0.3) is 33.9 Å². The van der Waals surface area contributed by atoms with Crippen LogP contribution in [0.15, 0.2) is 64.2 Å². The molecule has 3 heterocycles. The molecule has 0 saturated carbocycles. The summed E-state index contributed by atoms with van der Waals surface area (Å²) in [6, 6.07) is 18.2. The third kappa shape index (κ3) is 2.35. The fourth-order valence-electron chi connectivity index (χ4n) is 4.09. The van der Waals surface area contributed by atoms with E-state index >= 15 is 0 Å². The molecule has 0 unspecified atom stereocenters. The van der Waals surface area contributed by atoms with E-state index in [4.69, 9.17) is 4.98 Å². The lowest BCUT2D eigenvalue weighted by Crippen LogP contribution is -2.37. The predicted octanol–water partition coefficient (Wildman–Crippen LogP) is 2.96. The Morgan fingerprint density at radius 1 is 0.833 bits per heavy atom. The number of aryl methyl sites for hydroxylation is 3. The molecule has 5 aromatic rings. The summed E-state index contributed by atoms with van der Waals surface area (Å²) in [5, 5.41) is 0. The van der Waals surface area contributed by atoms with Gasteiger partial charge in [0.1, 0.15) is 0 Å². The van der Waals surface area contributed by atoms with Crippen molar-refractivity contribution in [3.05, 3.63) is 86.7 Å². The van der Waals surface area contributed by atoms with Crippen molar-refractivity contribution in [3.63, 3.8) is 0 Å². The summed E-state index contributed by atoms with van der Waals surface area (Å²) in [5.41, 5.74) is 4.99. The number of aromatic nitrogens is 5. The molecule has 0 fully saturated rings. The molecule has 0 spiro atoms. The molecule has 2 aromatic carbocycles. The van der Waals surface area contributed by atoms with Crippen LogP contribution in [0.1, 0.15) is 11.3 Å². The van der Waals surface area contributed by atoms with Crippen molar-refractivity contribution >= 4 is 16.9 Å². The summed E-state index contributed by atoms with van der Waals surface area (Å²) in [7, 11) is 3.13. The molecule has 0 radical (unpaired) electrons. The maximum absolute atomic E-state index is 13.0. The van der Waals surface area contributed by atoms with Gasteiger partial charge in [0.2, 0.25) is 5.78 Å². The second kappa shape index (κ2) is 6.32. The van der Waals surface area contributed by atoms with E-state index in [-0.39, 0.29) is 5.56 Å².